The summed E-state index contributed by atoms with van der Waals surface area (Å²) in [5.41, 5.74) is 1.77. The summed E-state index contributed by atoms with van der Waals surface area (Å²) in [6.45, 7) is 3.31. The van der Waals surface area contributed by atoms with Crippen LogP contribution in [-0.2, 0) is 0 Å². The van der Waals surface area contributed by atoms with Crippen LogP contribution < -0.4 is 4.74 Å². The van der Waals surface area contributed by atoms with Crippen LogP contribution in [0.25, 0.3) is 10.9 Å². The Morgan fingerprint density at radius 1 is 1.15 bits per heavy atom. The Morgan fingerprint density at radius 3 is 2.79 bits per heavy atom. The highest BCUT2D eigenvalue weighted by molar-refractivity contribution is 7.99. The van der Waals surface area contributed by atoms with Crippen molar-refractivity contribution in [2.75, 3.05) is 39.1 Å². The topological polar surface area (TPSA) is 65.8 Å². The van der Waals surface area contributed by atoms with Gasteiger partial charge in [-0.1, -0.05) is 18.2 Å². The molecular formula is C28H36N2O3S. The first-order chi connectivity index (χ1) is 16.7. The summed E-state index contributed by atoms with van der Waals surface area (Å²) in [7, 11) is 1.65. The molecule has 0 bridgehead atoms. The average molecular weight is 481 g/mol. The van der Waals surface area contributed by atoms with Crippen molar-refractivity contribution in [3.8, 4) is 5.75 Å². The lowest BCUT2D eigenvalue weighted by molar-refractivity contribution is 0.0581. The second-order valence-electron chi connectivity index (χ2n) is 9.18. The standard InChI is InChI=1S/C28H36N2O3S/c1-33-23-9-10-27-26(18-23)25(12-14-29-27)28(32)11-8-21-13-16-30(19-22(21)20-31)15-5-17-34-24-6-3-2-4-7-24/h2-4,6-7,9-10,12,14,18,21-22,28,31-32H,5,8,11,13,15-17,19-20H2,1H3/t21-,22-,28+/m1/s1. The Kier molecular flexibility index (Phi) is 9.22. The van der Waals surface area contributed by atoms with Gasteiger partial charge in [-0.05, 0) is 98.3 Å². The van der Waals surface area contributed by atoms with Crippen molar-refractivity contribution < 1.29 is 14.9 Å². The van der Waals surface area contributed by atoms with Gasteiger partial charge < -0.3 is 19.8 Å². The van der Waals surface area contributed by atoms with Gasteiger partial charge in [-0.25, -0.2) is 0 Å². The highest BCUT2D eigenvalue weighted by Crippen LogP contribution is 2.33. The van der Waals surface area contributed by atoms with E-state index in [2.05, 4.69) is 40.2 Å². The van der Waals surface area contributed by atoms with Crippen LogP contribution in [0.3, 0.4) is 0 Å². The first-order valence-electron chi connectivity index (χ1n) is 12.3. The molecule has 34 heavy (non-hydrogen) atoms. The van der Waals surface area contributed by atoms with Crippen molar-refractivity contribution >= 4 is 22.7 Å². The van der Waals surface area contributed by atoms with Gasteiger partial charge >= 0.3 is 0 Å². The zero-order chi connectivity index (χ0) is 23.8. The molecule has 4 rings (SSSR count). The third-order valence-electron chi connectivity index (χ3n) is 6.99. The molecule has 3 atom stereocenters. The number of thioether (sulfide) groups is 1. The second kappa shape index (κ2) is 12.5. The number of methoxy groups -OCH3 is 1. The van der Waals surface area contributed by atoms with Crippen LogP contribution in [0.2, 0.25) is 0 Å². The van der Waals surface area contributed by atoms with E-state index in [0.717, 1.165) is 66.9 Å². The minimum Gasteiger partial charge on any atom is -0.497 e. The smallest absolute Gasteiger partial charge is 0.119 e. The van der Waals surface area contributed by atoms with E-state index in [9.17, 15) is 10.2 Å². The van der Waals surface area contributed by atoms with Gasteiger partial charge in [-0.3, -0.25) is 4.98 Å². The predicted molar refractivity (Wildman–Crippen MR) is 139 cm³/mol. The predicted octanol–water partition coefficient (Wildman–Crippen LogP) is 5.17. The molecule has 2 N–H and O–H groups in total. The maximum atomic E-state index is 11.0. The fourth-order valence-electron chi connectivity index (χ4n) is 5.03. The number of fused-ring (bicyclic) bond motifs is 1. The number of ether oxygens (including phenoxy) is 1. The SMILES string of the molecule is COc1ccc2nccc([C@@H](O)CC[C@@H]3CCN(CCCSc4ccccc4)C[C@@H]3CO)c2c1. The van der Waals surface area contributed by atoms with Crippen molar-refractivity contribution in [2.24, 2.45) is 11.8 Å². The maximum absolute atomic E-state index is 11.0. The highest BCUT2D eigenvalue weighted by Gasteiger charge is 2.29. The van der Waals surface area contributed by atoms with Gasteiger partial charge in [0.15, 0.2) is 0 Å². The van der Waals surface area contributed by atoms with Gasteiger partial charge in [0, 0.05) is 29.6 Å². The molecule has 2 heterocycles. The normalized spacial score (nSPS) is 19.9. The number of nitrogens with zero attached hydrogens (tertiary/aromatic N) is 2. The van der Waals surface area contributed by atoms with Gasteiger partial charge in [-0.2, -0.15) is 0 Å². The third kappa shape index (κ3) is 6.51. The van der Waals surface area contributed by atoms with Crippen LogP contribution in [-0.4, -0.2) is 59.2 Å². The fraction of sp³-hybridized carbons (Fsp3) is 0.464. The van der Waals surface area contributed by atoms with E-state index in [1.165, 1.54) is 4.90 Å². The summed E-state index contributed by atoms with van der Waals surface area (Å²) in [5, 5.41) is 22.0. The first-order valence-corrected chi connectivity index (χ1v) is 13.3. The molecule has 3 aromatic rings. The number of aliphatic hydroxyl groups is 2. The molecule has 0 radical (unpaired) electrons. The Bertz CT molecular complexity index is 1030. The molecule has 6 heteroatoms. The minimum absolute atomic E-state index is 0.214. The van der Waals surface area contributed by atoms with Crippen LogP contribution in [0.15, 0.2) is 65.7 Å². The molecule has 0 aliphatic carbocycles. The summed E-state index contributed by atoms with van der Waals surface area (Å²) >= 11 is 1.91. The summed E-state index contributed by atoms with van der Waals surface area (Å²) in [5.74, 6) is 2.60. The number of likely N-dealkylation sites (tertiary alicyclic amines) is 1. The molecular weight excluding hydrogens is 444 g/mol. The molecule has 1 aliphatic heterocycles. The number of hydrogen-bond donors (Lipinski definition) is 2. The molecule has 2 aromatic carbocycles. The highest BCUT2D eigenvalue weighted by atomic mass is 32.2. The Labute approximate surface area is 207 Å². The molecule has 1 saturated heterocycles. The van der Waals surface area contributed by atoms with Gasteiger partial charge in [0.05, 0.1) is 18.7 Å². The number of aromatic nitrogens is 1. The minimum atomic E-state index is -0.551. The van der Waals surface area contributed by atoms with E-state index in [4.69, 9.17) is 4.74 Å². The number of piperidine rings is 1. The van der Waals surface area contributed by atoms with Crippen molar-refractivity contribution in [2.45, 2.75) is 36.7 Å². The lowest BCUT2D eigenvalue weighted by Gasteiger charge is -2.38. The first kappa shape index (κ1) is 25.0. The number of rotatable bonds is 11. The summed E-state index contributed by atoms with van der Waals surface area (Å²) in [6.07, 6.45) is 5.04. The molecule has 1 aliphatic rings. The fourth-order valence-corrected chi connectivity index (χ4v) is 5.89. The Balaban J connectivity index is 1.26. The summed E-state index contributed by atoms with van der Waals surface area (Å²) in [6, 6.07) is 18.2. The summed E-state index contributed by atoms with van der Waals surface area (Å²) in [4.78, 5) is 8.25. The molecule has 0 saturated carbocycles. The van der Waals surface area contributed by atoms with E-state index in [1.807, 2.05) is 36.0 Å². The monoisotopic (exact) mass is 480 g/mol. The van der Waals surface area contributed by atoms with Crippen molar-refractivity contribution in [3.63, 3.8) is 0 Å². The van der Waals surface area contributed by atoms with E-state index in [0.29, 0.717) is 12.3 Å². The van der Waals surface area contributed by atoms with Crippen LogP contribution in [0.1, 0.15) is 37.4 Å². The molecule has 0 amide bonds. The molecule has 1 aromatic heterocycles. The van der Waals surface area contributed by atoms with Crippen LogP contribution >= 0.6 is 11.8 Å². The van der Waals surface area contributed by atoms with E-state index in [-0.39, 0.29) is 12.5 Å². The number of benzene rings is 2. The van der Waals surface area contributed by atoms with Crippen molar-refractivity contribution in [1.82, 2.24) is 9.88 Å². The zero-order valence-electron chi connectivity index (χ0n) is 20.0. The molecule has 0 spiro atoms. The zero-order valence-corrected chi connectivity index (χ0v) is 20.8. The summed E-state index contributed by atoms with van der Waals surface area (Å²) < 4.78 is 5.37. The number of aliphatic hydroxyl groups excluding tert-OH is 2. The van der Waals surface area contributed by atoms with Gasteiger partial charge in [0.25, 0.3) is 0 Å². The number of pyridine rings is 1. The quantitative estimate of drug-likeness (QED) is 0.292. The van der Waals surface area contributed by atoms with Crippen molar-refractivity contribution in [3.05, 3.63) is 66.4 Å². The van der Waals surface area contributed by atoms with E-state index < -0.39 is 6.10 Å². The van der Waals surface area contributed by atoms with Crippen LogP contribution in [0.5, 0.6) is 5.75 Å². The maximum Gasteiger partial charge on any atom is 0.119 e. The van der Waals surface area contributed by atoms with Gasteiger partial charge in [0.1, 0.15) is 5.75 Å². The largest absolute Gasteiger partial charge is 0.497 e. The van der Waals surface area contributed by atoms with E-state index in [1.54, 1.807) is 13.3 Å². The van der Waals surface area contributed by atoms with Crippen molar-refractivity contribution in [1.29, 1.82) is 0 Å². The Hall–Kier alpha value is -2.12. The van der Waals surface area contributed by atoms with Gasteiger partial charge in [0.2, 0.25) is 0 Å². The lowest BCUT2D eigenvalue weighted by atomic mass is 9.81. The Morgan fingerprint density at radius 2 is 2.00 bits per heavy atom. The molecule has 5 nitrogen and oxygen atoms in total. The van der Waals surface area contributed by atoms with Crippen LogP contribution in [0, 0.1) is 11.8 Å². The van der Waals surface area contributed by atoms with E-state index >= 15 is 0 Å². The van der Waals surface area contributed by atoms with Crippen LogP contribution in [0.4, 0.5) is 0 Å². The molecule has 1 fully saturated rings. The van der Waals surface area contributed by atoms with Gasteiger partial charge in [-0.15, -0.1) is 11.8 Å². The molecule has 0 unspecified atom stereocenters. The third-order valence-corrected chi connectivity index (χ3v) is 8.09. The molecule has 182 valence electrons. The average Bonchev–Trinajstić information content (AvgIpc) is 2.89. The lowest BCUT2D eigenvalue weighted by Crippen LogP contribution is -2.42. The second-order valence-corrected chi connectivity index (χ2v) is 10.4. The number of hydrogen-bond acceptors (Lipinski definition) is 6.